The number of hydrogen-bond acceptors (Lipinski definition) is 4. The van der Waals surface area contributed by atoms with Crippen molar-refractivity contribution in [1.82, 2.24) is 10.2 Å². The number of methoxy groups -OCH3 is 2. The highest BCUT2D eigenvalue weighted by Crippen LogP contribution is 2.39. The number of nitrogens with zero attached hydrogens (tertiary/aromatic N) is 1. The van der Waals surface area contributed by atoms with E-state index in [9.17, 15) is 4.79 Å². The molecule has 5 nitrogen and oxygen atoms in total. The van der Waals surface area contributed by atoms with Crippen LogP contribution in [0.15, 0.2) is 12.1 Å². The van der Waals surface area contributed by atoms with Crippen LogP contribution in [0.1, 0.15) is 51.3 Å². The lowest BCUT2D eigenvalue weighted by atomic mass is 9.88. The summed E-state index contributed by atoms with van der Waals surface area (Å²) in [5.74, 6) is 1.98. The van der Waals surface area contributed by atoms with Gasteiger partial charge in [0.25, 0.3) is 0 Å². The highest BCUT2D eigenvalue weighted by Gasteiger charge is 2.32. The first kappa shape index (κ1) is 19.6. The average molecular weight is 348 g/mol. The van der Waals surface area contributed by atoms with E-state index in [4.69, 9.17) is 9.47 Å². The number of fused-ring (bicyclic) bond motifs is 1. The van der Waals surface area contributed by atoms with Crippen LogP contribution in [-0.4, -0.2) is 44.2 Å². The van der Waals surface area contributed by atoms with E-state index in [2.05, 4.69) is 50.0 Å². The van der Waals surface area contributed by atoms with Crippen molar-refractivity contribution < 1.29 is 14.3 Å². The monoisotopic (exact) mass is 348 g/mol. The van der Waals surface area contributed by atoms with Crippen molar-refractivity contribution >= 4 is 5.91 Å². The van der Waals surface area contributed by atoms with E-state index in [1.54, 1.807) is 14.2 Å². The molecule has 0 saturated carbocycles. The lowest BCUT2D eigenvalue weighted by molar-refractivity contribution is -0.122. The SMILES string of the molecule is CCN1CCc2cc(OC)c(OC)cc2[C@@H]1[C@@H](C)NC(=O)CC(C)C. The van der Waals surface area contributed by atoms with Gasteiger partial charge in [0.1, 0.15) is 0 Å². The smallest absolute Gasteiger partial charge is 0.220 e. The standard InChI is InChI=1S/C20H32N2O3/c1-7-22-9-8-15-11-17(24-5)18(25-6)12-16(15)20(22)14(4)21-19(23)10-13(2)3/h11-14,20H,7-10H2,1-6H3,(H,21,23)/t14-,20+/m1/s1. The summed E-state index contributed by atoms with van der Waals surface area (Å²) in [6.07, 6.45) is 1.54. The predicted molar refractivity (Wildman–Crippen MR) is 100 cm³/mol. The molecule has 2 rings (SSSR count). The Kier molecular flexibility index (Phi) is 6.71. The third-order valence-electron chi connectivity index (χ3n) is 4.89. The van der Waals surface area contributed by atoms with E-state index < -0.39 is 0 Å². The van der Waals surface area contributed by atoms with Crippen LogP contribution in [0, 0.1) is 5.92 Å². The van der Waals surface area contributed by atoms with Crippen LogP contribution in [0.3, 0.4) is 0 Å². The van der Waals surface area contributed by atoms with Gasteiger partial charge in [-0.25, -0.2) is 0 Å². The summed E-state index contributed by atoms with van der Waals surface area (Å²) >= 11 is 0. The number of ether oxygens (including phenoxy) is 2. The van der Waals surface area contributed by atoms with E-state index in [0.717, 1.165) is 31.0 Å². The topological polar surface area (TPSA) is 50.8 Å². The van der Waals surface area contributed by atoms with Crippen molar-refractivity contribution in [2.75, 3.05) is 27.3 Å². The molecule has 1 aliphatic rings. The number of carbonyl (C=O) groups is 1. The van der Waals surface area contributed by atoms with Crippen LogP contribution in [0.5, 0.6) is 11.5 Å². The molecule has 1 heterocycles. The van der Waals surface area contributed by atoms with E-state index in [0.29, 0.717) is 12.3 Å². The Bertz CT molecular complexity index is 601. The second-order valence-electron chi connectivity index (χ2n) is 7.18. The van der Waals surface area contributed by atoms with Gasteiger partial charge in [-0.15, -0.1) is 0 Å². The second kappa shape index (κ2) is 8.56. The van der Waals surface area contributed by atoms with Crippen LogP contribution in [0.2, 0.25) is 0 Å². The molecule has 0 bridgehead atoms. The minimum absolute atomic E-state index is 0.0309. The molecule has 0 aliphatic carbocycles. The summed E-state index contributed by atoms with van der Waals surface area (Å²) < 4.78 is 11.0. The van der Waals surface area contributed by atoms with Crippen LogP contribution in [-0.2, 0) is 11.2 Å². The zero-order valence-corrected chi connectivity index (χ0v) is 16.4. The highest BCUT2D eigenvalue weighted by atomic mass is 16.5. The number of likely N-dealkylation sites (N-methyl/N-ethyl adjacent to an activating group) is 1. The molecule has 2 atom stereocenters. The summed E-state index contributed by atoms with van der Waals surface area (Å²) in [5, 5.41) is 3.20. The maximum Gasteiger partial charge on any atom is 0.220 e. The van der Waals surface area contributed by atoms with Gasteiger partial charge >= 0.3 is 0 Å². The molecule has 1 aromatic rings. The van der Waals surface area contributed by atoms with Gasteiger partial charge in [0, 0.05) is 19.0 Å². The Balaban J connectivity index is 2.33. The zero-order valence-electron chi connectivity index (χ0n) is 16.4. The maximum absolute atomic E-state index is 12.3. The number of benzene rings is 1. The molecule has 5 heteroatoms. The van der Waals surface area contributed by atoms with E-state index >= 15 is 0 Å². The fourth-order valence-electron chi connectivity index (χ4n) is 3.73. The van der Waals surface area contributed by atoms with Crippen LogP contribution in [0.4, 0.5) is 0 Å². The maximum atomic E-state index is 12.3. The van der Waals surface area contributed by atoms with Gasteiger partial charge in [-0.3, -0.25) is 9.69 Å². The van der Waals surface area contributed by atoms with Crippen molar-refractivity contribution in [3.8, 4) is 11.5 Å². The van der Waals surface area contributed by atoms with Crippen molar-refractivity contribution in [2.24, 2.45) is 5.92 Å². The molecule has 0 aromatic heterocycles. The quantitative estimate of drug-likeness (QED) is 0.822. The van der Waals surface area contributed by atoms with Gasteiger partial charge in [0.05, 0.1) is 20.3 Å². The van der Waals surface area contributed by atoms with Gasteiger partial charge in [0.2, 0.25) is 5.91 Å². The molecule has 25 heavy (non-hydrogen) atoms. The molecular weight excluding hydrogens is 316 g/mol. The first-order valence-corrected chi connectivity index (χ1v) is 9.19. The molecule has 1 aliphatic heterocycles. The normalized spacial score (nSPS) is 18.6. The van der Waals surface area contributed by atoms with Crippen molar-refractivity contribution in [2.45, 2.75) is 52.6 Å². The Morgan fingerprint density at radius 2 is 1.88 bits per heavy atom. The third kappa shape index (κ3) is 4.46. The van der Waals surface area contributed by atoms with Gasteiger partial charge in [-0.1, -0.05) is 20.8 Å². The Labute approximate surface area is 151 Å². The minimum atomic E-state index is 0.0309. The molecule has 0 radical (unpaired) electrons. The molecular formula is C20H32N2O3. The molecule has 0 spiro atoms. The average Bonchev–Trinajstić information content (AvgIpc) is 2.58. The van der Waals surface area contributed by atoms with Gasteiger partial charge in [0.15, 0.2) is 11.5 Å². The van der Waals surface area contributed by atoms with Crippen LogP contribution in [0.25, 0.3) is 0 Å². The fraction of sp³-hybridized carbons (Fsp3) is 0.650. The van der Waals surface area contributed by atoms with Gasteiger partial charge in [-0.05, 0) is 49.1 Å². The van der Waals surface area contributed by atoms with E-state index in [1.807, 2.05) is 0 Å². The first-order valence-electron chi connectivity index (χ1n) is 9.19. The molecule has 0 saturated heterocycles. The number of nitrogens with one attached hydrogen (secondary N) is 1. The van der Waals surface area contributed by atoms with Crippen LogP contribution >= 0.6 is 0 Å². The second-order valence-corrected chi connectivity index (χ2v) is 7.18. The Morgan fingerprint density at radius 3 is 2.44 bits per heavy atom. The Morgan fingerprint density at radius 1 is 1.24 bits per heavy atom. The molecule has 1 N–H and O–H groups in total. The number of rotatable bonds is 7. The molecule has 140 valence electrons. The molecule has 0 unspecified atom stereocenters. The van der Waals surface area contributed by atoms with Gasteiger partial charge in [-0.2, -0.15) is 0 Å². The van der Waals surface area contributed by atoms with E-state index in [1.165, 1.54) is 11.1 Å². The molecule has 0 fully saturated rings. The van der Waals surface area contributed by atoms with Gasteiger partial charge < -0.3 is 14.8 Å². The molecule has 1 aromatic carbocycles. The third-order valence-corrected chi connectivity index (χ3v) is 4.89. The largest absolute Gasteiger partial charge is 0.493 e. The first-order chi connectivity index (χ1) is 11.9. The summed E-state index contributed by atoms with van der Waals surface area (Å²) in [5.41, 5.74) is 2.50. The number of amides is 1. The van der Waals surface area contributed by atoms with Crippen molar-refractivity contribution in [3.63, 3.8) is 0 Å². The minimum Gasteiger partial charge on any atom is -0.493 e. The van der Waals surface area contributed by atoms with Crippen LogP contribution < -0.4 is 14.8 Å². The highest BCUT2D eigenvalue weighted by molar-refractivity contribution is 5.76. The van der Waals surface area contributed by atoms with Crippen molar-refractivity contribution in [1.29, 1.82) is 0 Å². The lowest BCUT2D eigenvalue weighted by Crippen LogP contribution is -2.47. The Hall–Kier alpha value is -1.75. The summed E-state index contributed by atoms with van der Waals surface area (Å²) in [6, 6.07) is 4.33. The number of hydrogen-bond donors (Lipinski definition) is 1. The predicted octanol–water partition coefficient (Wildman–Crippen LogP) is 3.17. The van der Waals surface area contributed by atoms with Crippen molar-refractivity contribution in [3.05, 3.63) is 23.3 Å². The number of carbonyl (C=O) groups excluding carboxylic acids is 1. The lowest BCUT2D eigenvalue weighted by Gasteiger charge is -2.40. The summed E-state index contributed by atoms with van der Waals surface area (Å²) in [7, 11) is 3.32. The summed E-state index contributed by atoms with van der Waals surface area (Å²) in [6.45, 7) is 10.3. The molecule has 1 amide bonds. The van der Waals surface area contributed by atoms with E-state index in [-0.39, 0.29) is 18.0 Å². The fourth-order valence-corrected chi connectivity index (χ4v) is 3.73. The zero-order chi connectivity index (χ0) is 18.6. The summed E-state index contributed by atoms with van der Waals surface area (Å²) in [4.78, 5) is 14.7.